The maximum Gasteiger partial charge on any atom is 0.410 e. The molecule has 2 aromatic rings. The van der Waals surface area contributed by atoms with Gasteiger partial charge in [-0.15, -0.1) is 21.5 Å². The standard InChI is InChI=1S/C19H24ClN3O2S/c1-18(2,3)25-17(24)23-6-4-19(5-7-23)10-12(11-19)14-8-13-15(26-14)9-16(20)22-21-13/h8-9,12H,4-7,10-11H2,1-3H3. The predicted octanol–water partition coefficient (Wildman–Crippen LogP) is 5.24. The molecule has 0 radical (unpaired) electrons. The molecule has 3 heterocycles. The van der Waals surface area contributed by atoms with E-state index in [-0.39, 0.29) is 6.09 Å². The number of halogens is 1. The number of hydrogen-bond acceptors (Lipinski definition) is 5. The Balaban J connectivity index is 1.35. The summed E-state index contributed by atoms with van der Waals surface area (Å²) in [6, 6.07) is 4.06. The van der Waals surface area contributed by atoms with Gasteiger partial charge in [0.05, 0.1) is 4.70 Å². The molecule has 2 fully saturated rings. The van der Waals surface area contributed by atoms with Gasteiger partial charge in [-0.2, -0.15) is 0 Å². The Bertz CT molecular complexity index is 829. The summed E-state index contributed by atoms with van der Waals surface area (Å²) in [4.78, 5) is 15.5. The van der Waals surface area contributed by atoms with E-state index in [9.17, 15) is 4.79 Å². The van der Waals surface area contributed by atoms with Crippen LogP contribution in [0.2, 0.25) is 5.15 Å². The van der Waals surface area contributed by atoms with Gasteiger partial charge < -0.3 is 9.64 Å². The van der Waals surface area contributed by atoms with Crippen molar-refractivity contribution in [3.63, 3.8) is 0 Å². The average Bonchev–Trinajstić information content (AvgIpc) is 2.93. The van der Waals surface area contributed by atoms with Crippen molar-refractivity contribution in [1.29, 1.82) is 0 Å². The number of thiophene rings is 1. The SMILES string of the molecule is CC(C)(C)OC(=O)N1CCC2(CC1)CC(c1cc3nnc(Cl)cc3s1)C2. The summed E-state index contributed by atoms with van der Waals surface area (Å²) < 4.78 is 6.61. The van der Waals surface area contributed by atoms with Gasteiger partial charge in [0.25, 0.3) is 0 Å². The van der Waals surface area contributed by atoms with Gasteiger partial charge in [0, 0.05) is 18.0 Å². The normalized spacial score (nSPS) is 20.4. The van der Waals surface area contributed by atoms with Gasteiger partial charge in [-0.1, -0.05) is 11.6 Å². The van der Waals surface area contributed by atoms with Crippen LogP contribution >= 0.6 is 22.9 Å². The molecule has 1 saturated heterocycles. The molecule has 0 bridgehead atoms. The second kappa shape index (κ2) is 6.34. The average molecular weight is 394 g/mol. The monoisotopic (exact) mass is 393 g/mol. The molecule has 2 aromatic heterocycles. The Hall–Kier alpha value is -1.40. The molecule has 5 nitrogen and oxygen atoms in total. The van der Waals surface area contributed by atoms with Crippen molar-refractivity contribution in [2.24, 2.45) is 5.41 Å². The smallest absolute Gasteiger partial charge is 0.410 e. The lowest BCUT2D eigenvalue weighted by Gasteiger charge is -2.52. The van der Waals surface area contributed by atoms with Crippen molar-refractivity contribution in [3.05, 3.63) is 22.2 Å². The molecule has 26 heavy (non-hydrogen) atoms. The number of carbonyl (C=O) groups excluding carboxylic acids is 1. The number of aromatic nitrogens is 2. The zero-order valence-electron chi connectivity index (χ0n) is 15.4. The van der Waals surface area contributed by atoms with Crippen LogP contribution in [0, 0.1) is 5.41 Å². The van der Waals surface area contributed by atoms with Gasteiger partial charge in [0.2, 0.25) is 0 Å². The minimum absolute atomic E-state index is 0.178. The van der Waals surface area contributed by atoms with E-state index < -0.39 is 5.60 Å². The van der Waals surface area contributed by atoms with Crippen LogP contribution < -0.4 is 0 Å². The molecule has 1 aliphatic heterocycles. The highest BCUT2D eigenvalue weighted by atomic mass is 35.5. The van der Waals surface area contributed by atoms with Crippen molar-refractivity contribution in [2.75, 3.05) is 13.1 Å². The summed E-state index contributed by atoms with van der Waals surface area (Å²) in [5.41, 5.74) is 0.902. The number of piperidine rings is 1. The van der Waals surface area contributed by atoms with Crippen molar-refractivity contribution in [2.45, 2.75) is 58.0 Å². The van der Waals surface area contributed by atoms with Crippen LogP contribution in [0.1, 0.15) is 57.2 Å². The molecular formula is C19H24ClN3O2S. The van der Waals surface area contributed by atoms with Crippen LogP contribution in [-0.4, -0.2) is 39.9 Å². The first-order chi connectivity index (χ1) is 12.2. The lowest BCUT2D eigenvalue weighted by atomic mass is 9.57. The van der Waals surface area contributed by atoms with Crippen molar-refractivity contribution in [1.82, 2.24) is 15.1 Å². The fourth-order valence-corrected chi connectivity index (χ4v) is 5.47. The summed E-state index contributed by atoms with van der Waals surface area (Å²) in [5, 5.41) is 8.55. The minimum atomic E-state index is -0.430. The van der Waals surface area contributed by atoms with E-state index in [0.717, 1.165) is 36.1 Å². The highest BCUT2D eigenvalue weighted by Crippen LogP contribution is 2.58. The van der Waals surface area contributed by atoms with Crippen LogP contribution in [0.4, 0.5) is 4.79 Å². The van der Waals surface area contributed by atoms with Crippen LogP contribution in [0.25, 0.3) is 10.2 Å². The molecule has 0 atom stereocenters. The minimum Gasteiger partial charge on any atom is -0.444 e. The first kappa shape index (κ1) is 18.0. The molecule has 2 aliphatic rings. The Morgan fingerprint density at radius 3 is 2.62 bits per heavy atom. The topological polar surface area (TPSA) is 55.3 Å². The number of likely N-dealkylation sites (tertiary alicyclic amines) is 1. The number of carbonyl (C=O) groups is 1. The maximum absolute atomic E-state index is 12.2. The molecule has 1 aliphatic carbocycles. The van der Waals surface area contributed by atoms with E-state index >= 15 is 0 Å². The number of fused-ring (bicyclic) bond motifs is 1. The molecule has 140 valence electrons. The molecule has 0 N–H and O–H groups in total. The van der Waals surface area contributed by atoms with Crippen LogP contribution in [0.5, 0.6) is 0 Å². The van der Waals surface area contributed by atoms with E-state index in [1.807, 2.05) is 31.7 Å². The number of rotatable bonds is 1. The quantitative estimate of drug-likeness (QED) is 0.664. The maximum atomic E-state index is 12.2. The molecule has 0 aromatic carbocycles. The molecular weight excluding hydrogens is 370 g/mol. The van der Waals surface area contributed by atoms with Crippen molar-refractivity contribution in [3.8, 4) is 0 Å². The number of ether oxygens (including phenoxy) is 1. The molecule has 4 rings (SSSR count). The number of nitrogens with zero attached hydrogens (tertiary/aromatic N) is 3. The van der Waals surface area contributed by atoms with Crippen LogP contribution in [0.3, 0.4) is 0 Å². The van der Waals surface area contributed by atoms with E-state index in [2.05, 4.69) is 16.3 Å². The van der Waals surface area contributed by atoms with Gasteiger partial charge in [-0.25, -0.2) is 4.79 Å². The van der Waals surface area contributed by atoms with Gasteiger partial charge in [-0.05, 0) is 69.9 Å². The lowest BCUT2D eigenvalue weighted by molar-refractivity contribution is -0.0117. The van der Waals surface area contributed by atoms with Gasteiger partial charge in [-0.3, -0.25) is 0 Å². The highest BCUT2D eigenvalue weighted by molar-refractivity contribution is 7.19. The van der Waals surface area contributed by atoms with Crippen LogP contribution in [0.15, 0.2) is 12.1 Å². The van der Waals surface area contributed by atoms with Gasteiger partial charge in [0.15, 0.2) is 5.15 Å². The molecule has 1 amide bonds. The van der Waals surface area contributed by atoms with E-state index in [1.165, 1.54) is 17.7 Å². The van der Waals surface area contributed by atoms with Crippen LogP contribution in [-0.2, 0) is 4.74 Å². The first-order valence-corrected chi connectivity index (χ1v) is 10.3. The van der Waals surface area contributed by atoms with E-state index in [0.29, 0.717) is 16.5 Å². The molecule has 0 unspecified atom stereocenters. The Kier molecular flexibility index (Phi) is 4.39. The summed E-state index contributed by atoms with van der Waals surface area (Å²) in [7, 11) is 0. The third-order valence-corrected chi connectivity index (χ3v) is 6.92. The van der Waals surface area contributed by atoms with Gasteiger partial charge in [0.1, 0.15) is 11.1 Å². The molecule has 1 spiro atoms. The van der Waals surface area contributed by atoms with E-state index in [1.54, 1.807) is 11.3 Å². The van der Waals surface area contributed by atoms with E-state index in [4.69, 9.17) is 16.3 Å². The first-order valence-electron chi connectivity index (χ1n) is 9.14. The third-order valence-electron chi connectivity index (χ3n) is 5.50. The molecule has 7 heteroatoms. The zero-order chi connectivity index (χ0) is 18.5. The Morgan fingerprint density at radius 1 is 1.27 bits per heavy atom. The summed E-state index contributed by atoms with van der Waals surface area (Å²) in [5.74, 6) is 0.598. The Labute approximate surface area is 162 Å². The molecule has 1 saturated carbocycles. The third kappa shape index (κ3) is 3.54. The fourth-order valence-electron chi connectivity index (χ4n) is 4.12. The number of hydrogen-bond donors (Lipinski definition) is 0. The lowest BCUT2D eigenvalue weighted by Crippen LogP contribution is -2.49. The van der Waals surface area contributed by atoms with Crippen molar-refractivity contribution >= 4 is 39.2 Å². The second-order valence-corrected chi connectivity index (χ2v) is 10.1. The number of amides is 1. The van der Waals surface area contributed by atoms with Gasteiger partial charge >= 0.3 is 6.09 Å². The fraction of sp³-hybridized carbons (Fsp3) is 0.632. The summed E-state index contributed by atoms with van der Waals surface area (Å²) >= 11 is 7.72. The highest BCUT2D eigenvalue weighted by Gasteiger charge is 2.47. The van der Waals surface area contributed by atoms with Crippen molar-refractivity contribution < 1.29 is 9.53 Å². The second-order valence-electron chi connectivity index (χ2n) is 8.64. The zero-order valence-corrected chi connectivity index (χ0v) is 17.0. The Morgan fingerprint density at radius 2 is 1.96 bits per heavy atom. The summed E-state index contributed by atoms with van der Waals surface area (Å²) in [6.07, 6.45) is 4.35. The predicted molar refractivity (Wildman–Crippen MR) is 104 cm³/mol. The summed E-state index contributed by atoms with van der Waals surface area (Å²) in [6.45, 7) is 7.34. The largest absolute Gasteiger partial charge is 0.444 e.